The number of anilines is 1. The number of hydrogen-bond donors (Lipinski definition) is 3. The zero-order valence-corrected chi connectivity index (χ0v) is 14.7. The van der Waals surface area contributed by atoms with Crippen molar-refractivity contribution in [3.05, 3.63) is 77.1 Å². The molecule has 26 heavy (non-hydrogen) atoms. The van der Waals surface area contributed by atoms with Gasteiger partial charge < -0.3 is 10.4 Å². The molecule has 0 amide bonds. The van der Waals surface area contributed by atoms with Crippen LogP contribution in [0.2, 0.25) is 0 Å². The molecule has 0 saturated heterocycles. The maximum atomic E-state index is 12.8. The molecule has 1 aliphatic rings. The van der Waals surface area contributed by atoms with Crippen molar-refractivity contribution < 1.29 is 9.79 Å². The Morgan fingerprint density at radius 3 is 2.92 bits per heavy atom. The lowest BCUT2D eigenvalue weighted by Crippen LogP contribution is -2.55. The Morgan fingerprint density at radius 1 is 1.27 bits per heavy atom. The highest BCUT2D eigenvalue weighted by Crippen LogP contribution is 2.32. The average Bonchev–Trinajstić information content (AvgIpc) is 2.65. The van der Waals surface area contributed by atoms with Gasteiger partial charge in [-0.25, -0.2) is 0 Å². The minimum absolute atomic E-state index is 0.163. The van der Waals surface area contributed by atoms with E-state index in [2.05, 4.69) is 22.0 Å². The topological polar surface area (TPSA) is 81.9 Å². The first-order valence-electron chi connectivity index (χ1n) is 8.12. The van der Waals surface area contributed by atoms with E-state index >= 15 is 0 Å². The van der Waals surface area contributed by atoms with Gasteiger partial charge in [0.25, 0.3) is 6.17 Å². The van der Waals surface area contributed by atoms with Crippen molar-refractivity contribution in [3.63, 3.8) is 0 Å². The van der Waals surface area contributed by atoms with Gasteiger partial charge in [-0.3, -0.25) is 9.78 Å². The second-order valence-corrected chi connectivity index (χ2v) is 6.85. The van der Waals surface area contributed by atoms with Crippen LogP contribution in [0.5, 0.6) is 5.75 Å². The number of para-hydroxylation sites is 1. The predicted molar refractivity (Wildman–Crippen MR) is 101 cm³/mol. The molecule has 0 aliphatic carbocycles. The van der Waals surface area contributed by atoms with Crippen LogP contribution in [0.3, 0.4) is 0 Å². The number of phenolic OH excluding ortho intramolecular Hbond substituents is 1. The van der Waals surface area contributed by atoms with Gasteiger partial charge in [-0.15, -0.1) is 6.58 Å². The molecule has 0 radical (unpaired) electrons. The number of aromatic amines is 1. The zero-order valence-electron chi connectivity index (χ0n) is 13.8. The number of phenols is 1. The van der Waals surface area contributed by atoms with Crippen LogP contribution in [0.4, 0.5) is 5.69 Å². The summed E-state index contributed by atoms with van der Waals surface area (Å²) in [5, 5.41) is 18.4. The number of hydrogen-bond acceptors (Lipinski definition) is 5. The van der Waals surface area contributed by atoms with Gasteiger partial charge >= 0.3 is 11.3 Å². The Kier molecular flexibility index (Phi) is 4.22. The molecule has 1 aliphatic heterocycles. The monoisotopic (exact) mass is 365 g/mol. The van der Waals surface area contributed by atoms with E-state index in [1.165, 1.54) is 11.8 Å². The minimum Gasteiger partial charge on any atom is -0.508 e. The van der Waals surface area contributed by atoms with Gasteiger partial charge in [0, 0.05) is 16.4 Å². The number of H-pyrrole nitrogens is 1. The number of thioether (sulfide) groups is 1. The number of nitrogens with one attached hydrogen (secondary N) is 2. The van der Waals surface area contributed by atoms with E-state index in [1.807, 2.05) is 30.3 Å². The van der Waals surface area contributed by atoms with Gasteiger partial charge in [-0.2, -0.15) is 0 Å². The van der Waals surface area contributed by atoms with Crippen LogP contribution in [0.1, 0.15) is 11.7 Å². The van der Waals surface area contributed by atoms with Gasteiger partial charge in [-0.05, 0) is 35.0 Å². The average molecular weight is 365 g/mol. The summed E-state index contributed by atoms with van der Waals surface area (Å²) in [6, 6.07) is 14.6. The lowest BCUT2D eigenvalue weighted by atomic mass is 10.0. The van der Waals surface area contributed by atoms with E-state index < -0.39 is 6.17 Å². The van der Waals surface area contributed by atoms with Crippen LogP contribution < -0.4 is 15.6 Å². The molecule has 0 saturated carbocycles. The van der Waals surface area contributed by atoms with E-state index in [4.69, 9.17) is 0 Å². The molecular formula is C19H17N4O2S+. The Hall–Kier alpha value is -3.06. The van der Waals surface area contributed by atoms with Gasteiger partial charge in [0.05, 0.1) is 11.3 Å². The molecule has 7 heteroatoms. The van der Waals surface area contributed by atoms with Crippen molar-refractivity contribution in [1.29, 1.82) is 0 Å². The first-order chi connectivity index (χ1) is 12.7. The van der Waals surface area contributed by atoms with Crippen LogP contribution in [0, 0.1) is 0 Å². The Morgan fingerprint density at radius 2 is 2.12 bits per heavy atom. The van der Waals surface area contributed by atoms with E-state index in [0.717, 1.165) is 16.8 Å². The smallest absolute Gasteiger partial charge is 0.325 e. The van der Waals surface area contributed by atoms with Crippen molar-refractivity contribution >= 4 is 17.4 Å². The second kappa shape index (κ2) is 6.68. The van der Waals surface area contributed by atoms with Crippen LogP contribution in [-0.2, 0) is 0 Å². The highest BCUT2D eigenvalue weighted by Gasteiger charge is 2.37. The van der Waals surface area contributed by atoms with Crippen molar-refractivity contribution in [2.75, 3.05) is 11.1 Å². The molecule has 3 N–H and O–H groups in total. The molecule has 1 atom stereocenters. The van der Waals surface area contributed by atoms with Crippen molar-refractivity contribution in [1.82, 2.24) is 10.1 Å². The summed E-state index contributed by atoms with van der Waals surface area (Å²) in [5.74, 6) is 0.805. The van der Waals surface area contributed by atoms with E-state index in [9.17, 15) is 9.90 Å². The number of aromatic nitrogens is 3. The summed E-state index contributed by atoms with van der Waals surface area (Å²) in [5.41, 5.74) is 2.72. The predicted octanol–water partition coefficient (Wildman–Crippen LogP) is 2.68. The SMILES string of the molecule is C=CCSc1n[n+]2c(c(=O)[nH]1)-c1ccccc1N[C@@H]2c1cccc(O)c1. The molecule has 4 rings (SSSR count). The molecule has 2 heterocycles. The highest BCUT2D eigenvalue weighted by atomic mass is 32.2. The second-order valence-electron chi connectivity index (χ2n) is 5.84. The van der Waals surface area contributed by atoms with Crippen molar-refractivity contribution in [2.45, 2.75) is 11.3 Å². The third-order valence-electron chi connectivity index (χ3n) is 4.11. The molecule has 130 valence electrons. The Labute approximate surface area is 154 Å². The maximum absolute atomic E-state index is 12.8. The van der Waals surface area contributed by atoms with E-state index in [-0.39, 0.29) is 11.3 Å². The van der Waals surface area contributed by atoms with Crippen molar-refractivity contribution in [2.24, 2.45) is 0 Å². The largest absolute Gasteiger partial charge is 0.508 e. The number of fused-ring (bicyclic) bond motifs is 3. The van der Waals surface area contributed by atoms with Crippen LogP contribution in [0.25, 0.3) is 11.3 Å². The lowest BCUT2D eigenvalue weighted by molar-refractivity contribution is -0.759. The standard InChI is InChI=1S/C19H16N4O2S/c1-2-10-26-19-21-18(25)16-14-8-3-4-9-15(14)20-17(23(16)22-19)12-6-5-7-13(24)11-12/h2-9,11,17H,1,10H2,(H2,21,22,24,25)/p+1/t17-/m0/s1. The lowest BCUT2D eigenvalue weighted by Gasteiger charge is -2.22. The number of benzene rings is 2. The summed E-state index contributed by atoms with van der Waals surface area (Å²) in [6.07, 6.45) is 1.35. The van der Waals surface area contributed by atoms with Crippen LogP contribution in [0.15, 0.2) is 71.1 Å². The third-order valence-corrected chi connectivity index (χ3v) is 4.97. The summed E-state index contributed by atoms with van der Waals surface area (Å²) in [6.45, 7) is 3.70. The maximum Gasteiger partial charge on any atom is 0.325 e. The summed E-state index contributed by atoms with van der Waals surface area (Å²) in [4.78, 5) is 15.7. The molecule has 3 aromatic rings. The molecule has 0 fully saturated rings. The number of rotatable bonds is 4. The summed E-state index contributed by atoms with van der Waals surface area (Å²) >= 11 is 1.41. The summed E-state index contributed by atoms with van der Waals surface area (Å²) in [7, 11) is 0. The quantitative estimate of drug-likeness (QED) is 0.376. The van der Waals surface area contributed by atoms with Gasteiger partial charge in [-0.1, -0.05) is 36.0 Å². The molecule has 2 aromatic carbocycles. The van der Waals surface area contributed by atoms with Gasteiger partial charge in [0.1, 0.15) is 5.75 Å². The molecule has 1 aromatic heterocycles. The molecule has 6 nitrogen and oxygen atoms in total. The van der Waals surface area contributed by atoms with Crippen molar-refractivity contribution in [3.8, 4) is 17.0 Å². The van der Waals surface area contributed by atoms with E-state index in [0.29, 0.717) is 16.6 Å². The third kappa shape index (κ3) is 2.86. The first kappa shape index (κ1) is 16.4. The molecule has 0 spiro atoms. The normalized spacial score (nSPS) is 14.8. The zero-order chi connectivity index (χ0) is 18.1. The van der Waals surface area contributed by atoms with E-state index in [1.54, 1.807) is 29.0 Å². The molecular weight excluding hydrogens is 348 g/mol. The molecule has 0 bridgehead atoms. The van der Waals surface area contributed by atoms with Crippen LogP contribution in [-0.4, -0.2) is 20.9 Å². The Bertz CT molecular complexity index is 1050. The fourth-order valence-corrected chi connectivity index (χ4v) is 3.60. The van der Waals surface area contributed by atoms with Gasteiger partial charge in [0.2, 0.25) is 5.16 Å². The fraction of sp³-hybridized carbons (Fsp3) is 0.105. The highest BCUT2D eigenvalue weighted by molar-refractivity contribution is 7.99. The number of nitrogens with zero attached hydrogens (tertiary/aromatic N) is 2. The van der Waals surface area contributed by atoms with Gasteiger partial charge in [0.15, 0.2) is 0 Å². The number of aromatic hydroxyl groups is 1. The van der Waals surface area contributed by atoms with Crippen LogP contribution >= 0.6 is 11.8 Å². The minimum atomic E-state index is -0.405. The summed E-state index contributed by atoms with van der Waals surface area (Å²) < 4.78 is 1.68. The first-order valence-corrected chi connectivity index (χ1v) is 9.10. The fourth-order valence-electron chi connectivity index (χ4n) is 3.01. The molecule has 0 unspecified atom stereocenters. The Balaban J connectivity index is 1.93.